The van der Waals surface area contributed by atoms with E-state index in [1.54, 1.807) is 19.4 Å². The van der Waals surface area contributed by atoms with Crippen LogP contribution < -0.4 is 24.8 Å². The fraction of sp³-hybridized carbons (Fsp3) is 0.182. The average molecular weight is 391 g/mol. The molecular weight excluding hydrogens is 370 g/mol. The zero-order chi connectivity index (χ0) is 20.2. The first-order valence-electron chi connectivity index (χ1n) is 9.16. The minimum atomic E-state index is -0.213. The number of ether oxygens (including phenoxy) is 3. The molecule has 0 saturated heterocycles. The number of hydrogen-bond donors (Lipinski definition) is 2. The number of rotatable bonds is 6. The number of pyridine rings is 1. The maximum Gasteiger partial charge on any atom is 0.253 e. The summed E-state index contributed by atoms with van der Waals surface area (Å²) in [6, 6.07) is 13.2. The van der Waals surface area contributed by atoms with Gasteiger partial charge in [0.05, 0.1) is 30.2 Å². The van der Waals surface area contributed by atoms with Crippen LogP contribution in [0.3, 0.4) is 0 Å². The number of carbonyl (C=O) groups excluding carboxylic acids is 1. The normalized spacial score (nSPS) is 11.8. The Bertz CT molecular complexity index is 1050. The van der Waals surface area contributed by atoms with Gasteiger partial charge in [-0.2, -0.15) is 0 Å². The summed E-state index contributed by atoms with van der Waals surface area (Å²) < 4.78 is 16.1. The number of aryl methyl sites for hydroxylation is 1. The number of carbonyl (C=O) groups is 1. The molecule has 4 rings (SSSR count). The summed E-state index contributed by atoms with van der Waals surface area (Å²) in [5, 5.41) is 6.17. The number of hydrogen-bond acceptors (Lipinski definition) is 6. The number of methoxy groups -OCH3 is 1. The van der Waals surface area contributed by atoms with Crippen molar-refractivity contribution < 1.29 is 19.0 Å². The van der Waals surface area contributed by atoms with Gasteiger partial charge < -0.3 is 24.8 Å². The second-order valence-electron chi connectivity index (χ2n) is 6.66. The summed E-state index contributed by atoms with van der Waals surface area (Å²) in [6.45, 7) is 2.60. The van der Waals surface area contributed by atoms with Crippen molar-refractivity contribution in [3.8, 4) is 17.2 Å². The van der Waals surface area contributed by atoms with Crippen molar-refractivity contribution in [3.63, 3.8) is 0 Å². The van der Waals surface area contributed by atoms with Crippen molar-refractivity contribution in [2.45, 2.75) is 13.5 Å². The molecule has 148 valence electrons. The lowest BCUT2D eigenvalue weighted by molar-refractivity contribution is 0.0950. The molecule has 1 amide bonds. The van der Waals surface area contributed by atoms with Crippen LogP contribution >= 0.6 is 0 Å². The van der Waals surface area contributed by atoms with Gasteiger partial charge in [-0.1, -0.05) is 12.1 Å². The number of aromatic nitrogens is 1. The smallest absolute Gasteiger partial charge is 0.253 e. The Morgan fingerprint density at radius 2 is 1.97 bits per heavy atom. The van der Waals surface area contributed by atoms with Crippen LogP contribution in [-0.4, -0.2) is 24.8 Å². The van der Waals surface area contributed by atoms with Gasteiger partial charge in [0.1, 0.15) is 5.75 Å². The quantitative estimate of drug-likeness (QED) is 0.665. The molecule has 0 unspecified atom stereocenters. The largest absolute Gasteiger partial charge is 0.495 e. The van der Waals surface area contributed by atoms with Crippen LogP contribution in [-0.2, 0) is 6.54 Å². The van der Waals surface area contributed by atoms with Gasteiger partial charge in [0.25, 0.3) is 5.91 Å². The number of benzene rings is 2. The van der Waals surface area contributed by atoms with Crippen molar-refractivity contribution in [2.24, 2.45) is 0 Å². The van der Waals surface area contributed by atoms with E-state index in [-0.39, 0.29) is 12.7 Å². The fourth-order valence-electron chi connectivity index (χ4n) is 3.04. The Hall–Kier alpha value is -3.74. The van der Waals surface area contributed by atoms with Crippen molar-refractivity contribution in [2.75, 3.05) is 19.2 Å². The van der Waals surface area contributed by atoms with Crippen LogP contribution in [0.4, 0.5) is 11.4 Å². The van der Waals surface area contributed by atoms with Crippen LogP contribution in [0.1, 0.15) is 21.5 Å². The summed E-state index contributed by atoms with van der Waals surface area (Å²) in [7, 11) is 1.62. The SMILES string of the molecule is COc1ccc(C)cc1Nc1cncc(C(=O)NCc2ccc3c(c2)OCO3)c1. The van der Waals surface area contributed by atoms with E-state index >= 15 is 0 Å². The van der Waals surface area contributed by atoms with Crippen LogP contribution in [0.15, 0.2) is 54.9 Å². The third kappa shape index (κ3) is 4.24. The molecule has 0 spiro atoms. The predicted molar refractivity (Wildman–Crippen MR) is 109 cm³/mol. The van der Waals surface area contributed by atoms with E-state index in [4.69, 9.17) is 14.2 Å². The summed E-state index contributed by atoms with van der Waals surface area (Å²) in [5.41, 5.74) is 3.99. The number of nitrogens with one attached hydrogen (secondary N) is 2. The molecule has 0 radical (unpaired) electrons. The Balaban J connectivity index is 1.44. The minimum Gasteiger partial charge on any atom is -0.495 e. The van der Waals surface area contributed by atoms with Gasteiger partial charge in [-0.25, -0.2) is 0 Å². The molecule has 0 bridgehead atoms. The van der Waals surface area contributed by atoms with Crippen molar-refractivity contribution in [3.05, 3.63) is 71.5 Å². The highest BCUT2D eigenvalue weighted by atomic mass is 16.7. The molecule has 7 nitrogen and oxygen atoms in total. The van der Waals surface area contributed by atoms with Gasteiger partial charge in [-0.15, -0.1) is 0 Å². The lowest BCUT2D eigenvalue weighted by Gasteiger charge is -2.12. The monoisotopic (exact) mass is 391 g/mol. The highest BCUT2D eigenvalue weighted by Crippen LogP contribution is 2.32. The first kappa shape index (κ1) is 18.6. The summed E-state index contributed by atoms with van der Waals surface area (Å²) in [5.74, 6) is 1.91. The highest BCUT2D eigenvalue weighted by molar-refractivity contribution is 5.94. The number of nitrogens with zero attached hydrogens (tertiary/aromatic N) is 1. The molecule has 1 aliphatic heterocycles. The molecule has 2 N–H and O–H groups in total. The van der Waals surface area contributed by atoms with E-state index < -0.39 is 0 Å². The van der Waals surface area contributed by atoms with Gasteiger partial charge in [-0.05, 0) is 48.4 Å². The lowest BCUT2D eigenvalue weighted by Crippen LogP contribution is -2.23. The third-order valence-corrected chi connectivity index (χ3v) is 4.52. The van der Waals surface area contributed by atoms with Crippen LogP contribution in [0.5, 0.6) is 17.2 Å². The van der Waals surface area contributed by atoms with E-state index in [0.29, 0.717) is 29.3 Å². The number of fused-ring (bicyclic) bond motifs is 1. The van der Waals surface area contributed by atoms with Crippen molar-refractivity contribution >= 4 is 17.3 Å². The van der Waals surface area contributed by atoms with E-state index in [9.17, 15) is 4.79 Å². The average Bonchev–Trinajstić information content (AvgIpc) is 3.20. The van der Waals surface area contributed by atoms with Crippen LogP contribution in [0, 0.1) is 6.92 Å². The van der Waals surface area contributed by atoms with E-state index in [0.717, 1.165) is 22.6 Å². The molecule has 3 aromatic rings. The fourth-order valence-corrected chi connectivity index (χ4v) is 3.04. The third-order valence-electron chi connectivity index (χ3n) is 4.52. The van der Waals surface area contributed by atoms with Crippen molar-refractivity contribution in [1.82, 2.24) is 10.3 Å². The molecule has 0 saturated carbocycles. The molecule has 7 heteroatoms. The maximum absolute atomic E-state index is 12.6. The van der Waals surface area contributed by atoms with Gasteiger partial charge in [0, 0.05) is 12.7 Å². The topological polar surface area (TPSA) is 81.7 Å². The Labute approximate surface area is 168 Å². The molecule has 1 aromatic heterocycles. The number of amides is 1. The number of anilines is 2. The van der Waals surface area contributed by atoms with Gasteiger partial charge in [-0.3, -0.25) is 9.78 Å². The Morgan fingerprint density at radius 1 is 1.10 bits per heavy atom. The maximum atomic E-state index is 12.6. The van der Waals surface area contributed by atoms with E-state index in [1.807, 2.05) is 43.3 Å². The van der Waals surface area contributed by atoms with Gasteiger partial charge in [0.15, 0.2) is 11.5 Å². The first-order valence-corrected chi connectivity index (χ1v) is 9.16. The van der Waals surface area contributed by atoms with Gasteiger partial charge in [0.2, 0.25) is 6.79 Å². The predicted octanol–water partition coefficient (Wildman–Crippen LogP) is 3.80. The Kier molecular flexibility index (Phi) is 5.20. The molecule has 2 aromatic carbocycles. The highest BCUT2D eigenvalue weighted by Gasteiger charge is 2.14. The second kappa shape index (κ2) is 8.10. The van der Waals surface area contributed by atoms with Crippen molar-refractivity contribution in [1.29, 1.82) is 0 Å². The minimum absolute atomic E-state index is 0.213. The first-order chi connectivity index (χ1) is 14.1. The molecule has 0 fully saturated rings. The van der Waals surface area contributed by atoms with Gasteiger partial charge >= 0.3 is 0 Å². The molecule has 29 heavy (non-hydrogen) atoms. The Morgan fingerprint density at radius 3 is 2.83 bits per heavy atom. The molecule has 0 atom stereocenters. The summed E-state index contributed by atoms with van der Waals surface area (Å²) in [6.07, 6.45) is 3.20. The van der Waals surface area contributed by atoms with Crippen LogP contribution in [0.2, 0.25) is 0 Å². The van der Waals surface area contributed by atoms with E-state index in [2.05, 4.69) is 15.6 Å². The molecule has 0 aliphatic carbocycles. The molecule has 1 aliphatic rings. The summed E-state index contributed by atoms with van der Waals surface area (Å²) >= 11 is 0. The molecular formula is C22H21N3O4. The summed E-state index contributed by atoms with van der Waals surface area (Å²) in [4.78, 5) is 16.8. The lowest BCUT2D eigenvalue weighted by atomic mass is 10.2. The van der Waals surface area contributed by atoms with E-state index in [1.165, 1.54) is 6.20 Å². The second-order valence-corrected chi connectivity index (χ2v) is 6.66. The zero-order valence-electron chi connectivity index (χ0n) is 16.2. The molecule has 2 heterocycles. The van der Waals surface area contributed by atoms with Crippen LogP contribution in [0.25, 0.3) is 0 Å². The zero-order valence-corrected chi connectivity index (χ0v) is 16.2. The standard InChI is InChI=1S/C22H21N3O4/c1-14-3-5-19(27-2)18(7-14)25-17-9-16(11-23-12-17)22(26)24-10-15-4-6-20-21(8-15)29-13-28-20/h3-9,11-12,25H,10,13H2,1-2H3,(H,24,26).